The van der Waals surface area contributed by atoms with Crippen LogP contribution in [-0.2, 0) is 0 Å². The third kappa shape index (κ3) is 1.66. The fourth-order valence-corrected chi connectivity index (χ4v) is 3.29. The lowest BCUT2D eigenvalue weighted by molar-refractivity contribution is 0.652. The number of hydrogen-bond donors (Lipinski definition) is 1. The number of fused-ring (bicyclic) bond motifs is 3. The van der Waals surface area contributed by atoms with Crippen molar-refractivity contribution >= 4 is 31.9 Å². The molecule has 78 valence electrons. The molecule has 0 aromatic carbocycles. The molecule has 15 heavy (non-hydrogen) atoms. The van der Waals surface area contributed by atoms with E-state index in [1.54, 1.807) is 0 Å². The number of halogens is 2. The molecule has 1 nitrogen and oxygen atoms in total. The largest absolute Gasteiger partial charge is 0.378 e. The third-order valence-electron chi connectivity index (χ3n) is 3.09. The zero-order valence-electron chi connectivity index (χ0n) is 8.08. The molecule has 1 N–H and O–H groups in total. The first-order valence-corrected chi connectivity index (χ1v) is 6.83. The second-order valence-electron chi connectivity index (χ2n) is 4.10. The summed E-state index contributed by atoms with van der Waals surface area (Å²) in [6, 6.07) is 0.446. The number of nitrogens with one attached hydrogen (secondary N) is 1. The van der Waals surface area contributed by atoms with Gasteiger partial charge in [0.2, 0.25) is 0 Å². The van der Waals surface area contributed by atoms with E-state index in [4.69, 9.17) is 0 Å². The van der Waals surface area contributed by atoms with Gasteiger partial charge in [0.25, 0.3) is 0 Å². The van der Waals surface area contributed by atoms with Crippen molar-refractivity contribution in [3.05, 3.63) is 46.1 Å². The standard InChI is InChI=1S/C12H11Br2N/c13-7-1-3-11-9(5-7)10-6-8(14)2-4-12(10)15-11/h1,3-6,8-9,11,15H,2H2. The third-order valence-corrected chi connectivity index (χ3v) is 4.26. The Bertz CT molecular complexity index is 417. The number of rotatable bonds is 0. The van der Waals surface area contributed by atoms with Crippen molar-refractivity contribution in [2.45, 2.75) is 17.3 Å². The van der Waals surface area contributed by atoms with Crippen LogP contribution in [0.25, 0.3) is 0 Å². The van der Waals surface area contributed by atoms with Crippen LogP contribution < -0.4 is 5.32 Å². The summed E-state index contributed by atoms with van der Waals surface area (Å²) in [6.45, 7) is 0. The summed E-state index contributed by atoms with van der Waals surface area (Å²) in [5.74, 6) is 0.496. The molecular formula is C12H11Br2N. The van der Waals surface area contributed by atoms with Gasteiger partial charge >= 0.3 is 0 Å². The van der Waals surface area contributed by atoms with Gasteiger partial charge in [-0.05, 0) is 12.0 Å². The Morgan fingerprint density at radius 1 is 1.33 bits per heavy atom. The fourth-order valence-electron chi connectivity index (χ4n) is 2.38. The molecule has 3 unspecified atom stereocenters. The maximum absolute atomic E-state index is 3.66. The van der Waals surface area contributed by atoms with Gasteiger partial charge in [-0.1, -0.05) is 62.2 Å². The summed E-state index contributed by atoms with van der Waals surface area (Å²) in [6.07, 6.45) is 12.4. The van der Waals surface area contributed by atoms with Crippen LogP contribution in [0.1, 0.15) is 6.42 Å². The van der Waals surface area contributed by atoms with Crippen LogP contribution in [0.2, 0.25) is 0 Å². The smallest absolute Gasteiger partial charge is 0.0552 e. The van der Waals surface area contributed by atoms with Gasteiger partial charge in [-0.15, -0.1) is 0 Å². The van der Waals surface area contributed by atoms with Crippen LogP contribution in [0.5, 0.6) is 0 Å². The minimum atomic E-state index is 0.446. The molecule has 1 fully saturated rings. The molecule has 3 heteroatoms. The molecule has 0 radical (unpaired) electrons. The molecule has 0 amide bonds. The van der Waals surface area contributed by atoms with Crippen molar-refractivity contribution in [3.8, 4) is 0 Å². The van der Waals surface area contributed by atoms with Crippen LogP contribution in [0.15, 0.2) is 46.1 Å². The molecule has 1 aliphatic heterocycles. The highest BCUT2D eigenvalue weighted by molar-refractivity contribution is 9.11. The summed E-state index contributed by atoms with van der Waals surface area (Å²) in [5.41, 5.74) is 2.76. The van der Waals surface area contributed by atoms with Crippen molar-refractivity contribution in [1.82, 2.24) is 5.32 Å². The quantitative estimate of drug-likeness (QED) is 0.672. The lowest BCUT2D eigenvalue weighted by Gasteiger charge is -2.17. The highest BCUT2D eigenvalue weighted by Crippen LogP contribution is 2.39. The first-order valence-electron chi connectivity index (χ1n) is 5.12. The predicted octanol–water partition coefficient (Wildman–Crippen LogP) is 3.40. The lowest BCUT2D eigenvalue weighted by atomic mass is 9.89. The highest BCUT2D eigenvalue weighted by Gasteiger charge is 2.34. The van der Waals surface area contributed by atoms with E-state index in [2.05, 4.69) is 67.6 Å². The Balaban J connectivity index is 2.02. The molecule has 3 atom stereocenters. The molecule has 3 rings (SSSR count). The Morgan fingerprint density at radius 3 is 3.07 bits per heavy atom. The van der Waals surface area contributed by atoms with E-state index in [9.17, 15) is 0 Å². The van der Waals surface area contributed by atoms with Crippen molar-refractivity contribution in [2.24, 2.45) is 5.92 Å². The zero-order chi connectivity index (χ0) is 10.4. The summed E-state index contributed by atoms with van der Waals surface area (Å²) < 4.78 is 1.18. The van der Waals surface area contributed by atoms with Crippen molar-refractivity contribution < 1.29 is 0 Å². The Kier molecular flexibility index (Phi) is 2.40. The predicted molar refractivity (Wildman–Crippen MR) is 70.1 cm³/mol. The van der Waals surface area contributed by atoms with Crippen molar-refractivity contribution in [1.29, 1.82) is 0 Å². The van der Waals surface area contributed by atoms with Crippen LogP contribution >= 0.6 is 31.9 Å². The van der Waals surface area contributed by atoms with Crippen LogP contribution in [0.3, 0.4) is 0 Å². The monoisotopic (exact) mass is 327 g/mol. The summed E-state index contributed by atoms with van der Waals surface area (Å²) >= 11 is 7.20. The molecule has 1 saturated heterocycles. The topological polar surface area (TPSA) is 12.0 Å². The first-order chi connectivity index (χ1) is 7.24. The molecule has 0 spiro atoms. The molecule has 1 heterocycles. The van der Waals surface area contributed by atoms with Crippen molar-refractivity contribution in [3.63, 3.8) is 0 Å². The lowest BCUT2D eigenvalue weighted by Crippen LogP contribution is -2.24. The Hall–Kier alpha value is -0.280. The minimum Gasteiger partial charge on any atom is -0.378 e. The maximum Gasteiger partial charge on any atom is 0.0552 e. The number of hydrogen-bond acceptors (Lipinski definition) is 1. The average Bonchev–Trinajstić information content (AvgIpc) is 2.56. The normalized spacial score (nSPS) is 37.2. The second-order valence-corrected chi connectivity index (χ2v) is 6.19. The Morgan fingerprint density at radius 2 is 2.20 bits per heavy atom. The van der Waals surface area contributed by atoms with Gasteiger partial charge in [0.15, 0.2) is 0 Å². The average molecular weight is 329 g/mol. The van der Waals surface area contributed by atoms with Gasteiger partial charge in [0, 0.05) is 20.9 Å². The SMILES string of the molecule is BrC1=CC2C3=CC(Br)CC=C3NC2C=C1. The molecule has 0 saturated carbocycles. The van der Waals surface area contributed by atoms with Crippen molar-refractivity contribution in [2.75, 3.05) is 0 Å². The van der Waals surface area contributed by atoms with Gasteiger partial charge in [0.05, 0.1) is 6.04 Å². The molecular weight excluding hydrogens is 318 g/mol. The minimum absolute atomic E-state index is 0.446. The second kappa shape index (κ2) is 3.63. The molecule has 2 aliphatic carbocycles. The van der Waals surface area contributed by atoms with E-state index in [1.807, 2.05) is 0 Å². The van der Waals surface area contributed by atoms with Gasteiger partial charge in [-0.3, -0.25) is 0 Å². The van der Waals surface area contributed by atoms with Crippen LogP contribution in [-0.4, -0.2) is 10.9 Å². The highest BCUT2D eigenvalue weighted by atomic mass is 79.9. The molecule has 0 bridgehead atoms. The fraction of sp³-hybridized carbons (Fsp3) is 0.333. The summed E-state index contributed by atoms with van der Waals surface area (Å²) in [7, 11) is 0. The Labute approximate surface area is 106 Å². The van der Waals surface area contributed by atoms with Gasteiger partial charge in [-0.2, -0.15) is 0 Å². The van der Waals surface area contributed by atoms with E-state index in [1.165, 1.54) is 15.8 Å². The summed E-state index contributed by atoms with van der Waals surface area (Å²) in [4.78, 5) is 0.495. The van der Waals surface area contributed by atoms with Crippen LogP contribution in [0, 0.1) is 5.92 Å². The molecule has 0 aromatic rings. The van der Waals surface area contributed by atoms with Gasteiger partial charge in [0.1, 0.15) is 0 Å². The van der Waals surface area contributed by atoms with Gasteiger partial charge in [-0.25, -0.2) is 0 Å². The van der Waals surface area contributed by atoms with Gasteiger partial charge < -0.3 is 5.32 Å². The molecule has 0 aromatic heterocycles. The van der Waals surface area contributed by atoms with E-state index < -0.39 is 0 Å². The number of alkyl halides is 1. The zero-order valence-corrected chi connectivity index (χ0v) is 11.3. The van der Waals surface area contributed by atoms with E-state index in [-0.39, 0.29) is 0 Å². The molecule has 3 aliphatic rings. The summed E-state index contributed by atoms with van der Waals surface area (Å²) in [5, 5.41) is 3.56. The maximum atomic E-state index is 3.66. The van der Waals surface area contributed by atoms with E-state index >= 15 is 0 Å². The first kappa shape index (κ1) is 9.91. The van der Waals surface area contributed by atoms with E-state index in [0.29, 0.717) is 16.8 Å². The van der Waals surface area contributed by atoms with Crippen LogP contribution in [0.4, 0.5) is 0 Å². The van der Waals surface area contributed by atoms with E-state index in [0.717, 1.165) is 6.42 Å². The number of allylic oxidation sites excluding steroid dienone is 5.